The third kappa shape index (κ3) is 1.46. The molecule has 1 aromatic carbocycles. The second kappa shape index (κ2) is 2.53. The van der Waals surface area contributed by atoms with Gasteiger partial charge in [0.05, 0.1) is 5.48 Å². The van der Waals surface area contributed by atoms with Crippen LogP contribution in [0.15, 0.2) is 24.2 Å². The van der Waals surface area contributed by atoms with Gasteiger partial charge in [-0.05, 0) is 24.0 Å². The molecule has 0 radical (unpaired) electrons. The number of rotatable bonds is 2. The Hall–Kier alpha value is -0.980. The molecular formula is C8H11N. The Bertz CT molecular complexity index is 503. The van der Waals surface area contributed by atoms with E-state index in [1.807, 2.05) is 0 Å². The van der Waals surface area contributed by atoms with Gasteiger partial charge < -0.3 is 5.72 Å². The smallest absolute Gasteiger partial charge is 0.156 e. The summed E-state index contributed by atoms with van der Waals surface area (Å²) < 4.78 is 81.0. The van der Waals surface area contributed by atoms with Crippen LogP contribution in [-0.4, -0.2) is 0 Å². The Morgan fingerprint density at radius 1 is 1.78 bits per heavy atom. The van der Waals surface area contributed by atoms with Gasteiger partial charge in [0.15, 0.2) is 2.82 Å². The molecular weight excluding hydrogens is 110 g/mol. The van der Waals surface area contributed by atoms with Gasteiger partial charge in [0.1, 0.15) is 0 Å². The molecule has 48 valence electrons. The zero-order chi connectivity index (χ0) is 16.0. The van der Waals surface area contributed by atoms with Crippen molar-refractivity contribution in [1.29, 1.82) is 0 Å². The fraction of sp³-hybridized carbons (Fsp3) is 0.250. The van der Waals surface area contributed by atoms with Gasteiger partial charge in [-0.15, -0.1) is 0 Å². The van der Waals surface area contributed by atoms with Crippen molar-refractivity contribution < 1.29 is 15.2 Å². The van der Waals surface area contributed by atoms with Crippen molar-refractivity contribution in [2.24, 2.45) is 0 Å². The quantitative estimate of drug-likeness (QED) is 0.610. The zero-order valence-corrected chi connectivity index (χ0v) is 4.45. The lowest BCUT2D eigenvalue weighted by atomic mass is 10.2. The van der Waals surface area contributed by atoms with Crippen LogP contribution in [0.25, 0.3) is 0 Å². The molecule has 1 heteroatoms. The van der Waals surface area contributed by atoms with E-state index in [4.69, 9.17) is 15.2 Å². The third-order valence-corrected chi connectivity index (χ3v) is 0.737. The first kappa shape index (κ1) is 1.09. The molecule has 0 aliphatic rings. The lowest BCUT2D eigenvalue weighted by molar-refractivity contribution is 1.14. The van der Waals surface area contributed by atoms with Gasteiger partial charge in [-0.1, -0.05) is 18.9 Å². The van der Waals surface area contributed by atoms with E-state index in [1.165, 1.54) is 0 Å². The van der Waals surface area contributed by atoms with E-state index in [0.717, 1.165) is 0 Å². The van der Waals surface area contributed by atoms with Gasteiger partial charge >= 0.3 is 0 Å². The molecule has 0 saturated heterocycles. The lowest BCUT2D eigenvalue weighted by Gasteiger charge is -1.94. The Morgan fingerprint density at radius 3 is 3.11 bits per heavy atom. The molecule has 0 atom stereocenters. The fourth-order valence-electron chi connectivity index (χ4n) is 0.368. The molecule has 9 heavy (non-hydrogen) atoms. The summed E-state index contributed by atoms with van der Waals surface area (Å²) in [5, 5.41) is 0. The van der Waals surface area contributed by atoms with Crippen LogP contribution in [0.5, 0.6) is 0 Å². The summed E-state index contributed by atoms with van der Waals surface area (Å²) in [5.74, 6) is 0. The molecule has 0 spiro atoms. The van der Waals surface area contributed by atoms with Crippen molar-refractivity contribution in [3.8, 4) is 0 Å². The predicted molar refractivity (Wildman–Crippen MR) is 40.2 cm³/mol. The van der Waals surface area contributed by atoms with Crippen LogP contribution in [0.2, 0.25) is 2.82 Å². The molecule has 0 fully saturated rings. The van der Waals surface area contributed by atoms with Crippen molar-refractivity contribution >= 4 is 5.69 Å². The van der Waals surface area contributed by atoms with Crippen LogP contribution in [0.3, 0.4) is 0 Å². The number of hydrogen-bond donors (Lipinski definition) is 1. The highest BCUT2D eigenvalue weighted by Crippen LogP contribution is 2.04. The molecule has 2 N–H and O–H groups in total. The average Bonchev–Trinajstić information content (AvgIpc) is 2.24. The summed E-state index contributed by atoms with van der Waals surface area (Å²) in [6.45, 7) is -3.18. The van der Waals surface area contributed by atoms with E-state index in [0.29, 0.717) is 0 Å². The number of nitrogens with two attached hydrogens (primary N) is 1. The zero-order valence-electron chi connectivity index (χ0n) is 15.4. The standard InChI is InChI=1S/C8H11N/c1-2-7-3-5-8(9)6-4-7/h3-6H,2,9H2,1H3/i1D3,2D2,3D,4D,5D,6D/hD2. The second-order valence-corrected chi connectivity index (χ2v) is 1.35. The molecule has 0 unspecified atom stereocenters. The Kier molecular flexibility index (Phi) is 0.308. The fourth-order valence-corrected chi connectivity index (χ4v) is 0.368. The van der Waals surface area contributed by atoms with Crippen molar-refractivity contribution in [2.45, 2.75) is 13.2 Å². The van der Waals surface area contributed by atoms with Crippen molar-refractivity contribution in [2.75, 3.05) is 5.72 Å². The topological polar surface area (TPSA) is 26.0 Å². The van der Waals surface area contributed by atoms with Crippen molar-refractivity contribution in [3.63, 3.8) is 0 Å². The molecule has 0 bridgehead atoms. The molecule has 0 saturated carbocycles. The summed E-state index contributed by atoms with van der Waals surface area (Å²) in [6, 6.07) is -3.49. The highest BCUT2D eigenvalue weighted by molar-refractivity contribution is 5.39. The molecule has 0 amide bonds. The SMILES string of the molecule is [2H]c1c([2H])c(C([2H])([2H])C([2H])([2H])[2H])c([2H])c([2H])c1N([2H])[2H]. The lowest BCUT2D eigenvalue weighted by Crippen LogP contribution is -1.84. The molecule has 0 heterocycles. The van der Waals surface area contributed by atoms with E-state index in [-0.39, 0.29) is 5.72 Å². The average molecular weight is 132 g/mol. The molecule has 0 aromatic heterocycles. The van der Waals surface area contributed by atoms with Crippen LogP contribution in [0.4, 0.5) is 5.69 Å². The Balaban J connectivity index is 3.77. The summed E-state index contributed by atoms with van der Waals surface area (Å²) in [5.41, 5.74) is -1.71. The molecule has 1 aromatic rings. The third-order valence-electron chi connectivity index (χ3n) is 0.737. The highest BCUT2D eigenvalue weighted by atomic mass is 14.5. The predicted octanol–water partition coefficient (Wildman–Crippen LogP) is 1.83. The summed E-state index contributed by atoms with van der Waals surface area (Å²) in [7, 11) is 0. The number of anilines is 1. The maximum atomic E-state index is 7.63. The highest BCUT2D eigenvalue weighted by Gasteiger charge is 1.85. The maximum absolute atomic E-state index is 7.63. The van der Waals surface area contributed by atoms with E-state index < -0.39 is 48.6 Å². The van der Waals surface area contributed by atoms with E-state index in [2.05, 4.69) is 0 Å². The number of hydrogen-bond acceptors (Lipinski definition) is 1. The minimum Gasteiger partial charge on any atom is -0.399 e. The molecule has 1 rings (SSSR count). The normalized spacial score (nSPS) is 29.6. The molecule has 1 nitrogen and oxygen atoms in total. The molecule has 0 aliphatic heterocycles. The van der Waals surface area contributed by atoms with E-state index in [9.17, 15) is 0 Å². The Labute approximate surface area is 71.1 Å². The van der Waals surface area contributed by atoms with Crippen molar-refractivity contribution in [1.82, 2.24) is 0 Å². The largest absolute Gasteiger partial charge is 0.399 e. The molecule has 0 aliphatic carbocycles. The van der Waals surface area contributed by atoms with Gasteiger partial charge in [-0.3, -0.25) is 0 Å². The van der Waals surface area contributed by atoms with Gasteiger partial charge in [-0.25, -0.2) is 0 Å². The summed E-state index contributed by atoms with van der Waals surface area (Å²) in [6.07, 6.45) is -3.08. The van der Waals surface area contributed by atoms with Crippen LogP contribution in [-0.2, 0) is 6.37 Å². The number of benzene rings is 1. The van der Waals surface area contributed by atoms with E-state index in [1.54, 1.807) is 0 Å². The van der Waals surface area contributed by atoms with Crippen molar-refractivity contribution in [3.05, 3.63) is 29.7 Å². The minimum atomic E-state index is -3.18. The first-order valence-electron chi connectivity index (χ1n) is 7.62. The Morgan fingerprint density at radius 2 is 2.56 bits per heavy atom. The summed E-state index contributed by atoms with van der Waals surface area (Å²) >= 11 is 0. The van der Waals surface area contributed by atoms with Crippen LogP contribution >= 0.6 is 0 Å². The van der Waals surface area contributed by atoms with Crippen LogP contribution in [0, 0.1) is 0 Å². The minimum absolute atomic E-state index is 0.130. The second-order valence-electron chi connectivity index (χ2n) is 1.35. The van der Waals surface area contributed by atoms with E-state index >= 15 is 0 Å². The first-order valence-corrected chi connectivity index (χ1v) is 2.22. The first-order chi connectivity index (χ1) is 8.84. The van der Waals surface area contributed by atoms with Crippen LogP contribution < -0.4 is 5.72 Å². The van der Waals surface area contributed by atoms with Gasteiger partial charge in [0.25, 0.3) is 0 Å². The van der Waals surface area contributed by atoms with Gasteiger partial charge in [-0.2, -0.15) is 0 Å². The monoisotopic (exact) mass is 132 g/mol. The van der Waals surface area contributed by atoms with Gasteiger partial charge in [0, 0.05) is 12.5 Å². The number of nitrogen functional groups attached to an aromatic ring is 1. The maximum Gasteiger partial charge on any atom is 0.156 e. The van der Waals surface area contributed by atoms with Gasteiger partial charge in [0.2, 0.25) is 0 Å². The van der Waals surface area contributed by atoms with Crippen LogP contribution in [0.1, 0.15) is 24.8 Å². The summed E-state index contributed by atoms with van der Waals surface area (Å²) in [4.78, 5) is 0.